The van der Waals surface area contributed by atoms with E-state index in [1.807, 2.05) is 0 Å². The summed E-state index contributed by atoms with van der Waals surface area (Å²) in [6.07, 6.45) is 0. The Balaban J connectivity index is 2.24. The van der Waals surface area contributed by atoms with Crippen LogP contribution in [0.2, 0.25) is 0 Å². The minimum atomic E-state index is -1.55. The summed E-state index contributed by atoms with van der Waals surface area (Å²) in [4.78, 5) is 13.4. The van der Waals surface area contributed by atoms with Crippen LogP contribution in [0.25, 0.3) is 0 Å². The van der Waals surface area contributed by atoms with Gasteiger partial charge in [-0.25, -0.2) is 13.2 Å². The topological polar surface area (TPSA) is 20.3 Å². The molecule has 1 aliphatic heterocycles. The summed E-state index contributed by atoms with van der Waals surface area (Å²) < 4.78 is 38.7. The maximum absolute atomic E-state index is 13.0. The van der Waals surface area contributed by atoms with Crippen LogP contribution < -0.4 is 0 Å². The maximum Gasteiger partial charge on any atom is 0.254 e. The number of hydrogen-bond donors (Lipinski definition) is 0. The number of benzene rings is 1. The average molecular weight is 261 g/mol. The van der Waals surface area contributed by atoms with Gasteiger partial charge in [0.15, 0.2) is 17.5 Å². The standard InChI is InChI=1S/C11H10F3NOS/c12-8-5-7(6-9(13)10(8)14)11(16)15-1-3-17-4-2-15/h5-6H,1-4H2. The van der Waals surface area contributed by atoms with Crippen LogP contribution in [0, 0.1) is 17.5 Å². The summed E-state index contributed by atoms with van der Waals surface area (Å²) >= 11 is 1.72. The molecule has 1 aromatic rings. The van der Waals surface area contributed by atoms with E-state index in [1.165, 1.54) is 4.90 Å². The Labute approximate surface area is 101 Å². The van der Waals surface area contributed by atoms with Crippen LogP contribution in [-0.4, -0.2) is 35.4 Å². The monoisotopic (exact) mass is 261 g/mol. The van der Waals surface area contributed by atoms with E-state index in [-0.39, 0.29) is 5.56 Å². The van der Waals surface area contributed by atoms with Crippen molar-refractivity contribution in [2.24, 2.45) is 0 Å². The quantitative estimate of drug-likeness (QED) is 0.723. The number of hydrogen-bond acceptors (Lipinski definition) is 2. The lowest BCUT2D eigenvalue weighted by Crippen LogP contribution is -2.38. The lowest BCUT2D eigenvalue weighted by molar-refractivity contribution is 0.0771. The van der Waals surface area contributed by atoms with Gasteiger partial charge in [0.1, 0.15) is 0 Å². The molecule has 0 atom stereocenters. The minimum absolute atomic E-state index is 0.145. The van der Waals surface area contributed by atoms with Gasteiger partial charge in [0.25, 0.3) is 5.91 Å². The van der Waals surface area contributed by atoms with Crippen molar-refractivity contribution in [1.82, 2.24) is 4.90 Å². The maximum atomic E-state index is 13.0. The molecular formula is C11H10F3NOS. The summed E-state index contributed by atoms with van der Waals surface area (Å²) in [6.45, 7) is 1.09. The lowest BCUT2D eigenvalue weighted by atomic mass is 10.1. The molecule has 92 valence electrons. The molecule has 1 aliphatic rings. The Morgan fingerprint density at radius 2 is 1.65 bits per heavy atom. The Kier molecular flexibility index (Phi) is 3.61. The highest BCUT2D eigenvalue weighted by Crippen LogP contribution is 2.17. The fraction of sp³-hybridized carbons (Fsp3) is 0.364. The molecule has 0 unspecified atom stereocenters. The van der Waals surface area contributed by atoms with E-state index in [1.54, 1.807) is 11.8 Å². The molecule has 1 aromatic carbocycles. The van der Waals surface area contributed by atoms with Crippen molar-refractivity contribution in [3.8, 4) is 0 Å². The highest BCUT2D eigenvalue weighted by molar-refractivity contribution is 7.99. The molecule has 17 heavy (non-hydrogen) atoms. The average Bonchev–Trinajstić information content (AvgIpc) is 2.35. The second kappa shape index (κ2) is 5.00. The van der Waals surface area contributed by atoms with Crippen LogP contribution in [0.4, 0.5) is 13.2 Å². The van der Waals surface area contributed by atoms with Crippen molar-refractivity contribution in [3.63, 3.8) is 0 Å². The van der Waals surface area contributed by atoms with Crippen molar-refractivity contribution in [3.05, 3.63) is 35.1 Å². The Hall–Kier alpha value is -1.17. The first-order valence-corrected chi connectivity index (χ1v) is 6.26. The predicted octanol–water partition coefficient (Wildman–Crippen LogP) is 2.29. The van der Waals surface area contributed by atoms with Gasteiger partial charge in [-0.1, -0.05) is 0 Å². The fourth-order valence-electron chi connectivity index (χ4n) is 1.63. The van der Waals surface area contributed by atoms with E-state index in [2.05, 4.69) is 0 Å². The normalized spacial score (nSPS) is 16.1. The number of rotatable bonds is 1. The summed E-state index contributed by atoms with van der Waals surface area (Å²) in [5.41, 5.74) is -0.145. The van der Waals surface area contributed by atoms with Gasteiger partial charge in [0.2, 0.25) is 0 Å². The molecule has 0 aromatic heterocycles. The van der Waals surface area contributed by atoms with E-state index < -0.39 is 23.4 Å². The van der Waals surface area contributed by atoms with E-state index in [0.29, 0.717) is 13.1 Å². The molecule has 0 saturated carbocycles. The van der Waals surface area contributed by atoms with Crippen molar-refractivity contribution >= 4 is 17.7 Å². The van der Waals surface area contributed by atoms with Gasteiger partial charge >= 0.3 is 0 Å². The van der Waals surface area contributed by atoms with Gasteiger partial charge in [0, 0.05) is 30.2 Å². The molecule has 1 saturated heterocycles. The van der Waals surface area contributed by atoms with Crippen molar-refractivity contribution in [2.45, 2.75) is 0 Å². The molecular weight excluding hydrogens is 251 g/mol. The predicted molar refractivity (Wildman–Crippen MR) is 59.5 cm³/mol. The molecule has 6 heteroatoms. The molecule has 0 aliphatic carbocycles. The molecule has 2 nitrogen and oxygen atoms in total. The van der Waals surface area contributed by atoms with Gasteiger partial charge in [0.05, 0.1) is 0 Å². The molecule has 0 radical (unpaired) electrons. The van der Waals surface area contributed by atoms with E-state index in [9.17, 15) is 18.0 Å². The van der Waals surface area contributed by atoms with Crippen LogP contribution in [0.1, 0.15) is 10.4 Å². The van der Waals surface area contributed by atoms with Gasteiger partial charge in [-0.3, -0.25) is 4.79 Å². The molecule has 2 rings (SSSR count). The van der Waals surface area contributed by atoms with E-state index in [4.69, 9.17) is 0 Å². The van der Waals surface area contributed by atoms with Crippen molar-refractivity contribution < 1.29 is 18.0 Å². The Bertz CT molecular complexity index is 423. The zero-order valence-electron chi connectivity index (χ0n) is 8.88. The lowest BCUT2D eigenvalue weighted by Gasteiger charge is -2.26. The molecule has 0 spiro atoms. The van der Waals surface area contributed by atoms with Crippen LogP contribution >= 0.6 is 11.8 Å². The summed E-state index contributed by atoms with van der Waals surface area (Å²) in [5.74, 6) is -3.06. The van der Waals surface area contributed by atoms with Gasteiger partial charge < -0.3 is 4.90 Å². The molecule has 1 fully saturated rings. The third kappa shape index (κ3) is 2.57. The number of carbonyl (C=O) groups is 1. The third-order valence-corrected chi connectivity index (χ3v) is 3.47. The zero-order valence-corrected chi connectivity index (χ0v) is 9.70. The van der Waals surface area contributed by atoms with Gasteiger partial charge in [-0.15, -0.1) is 0 Å². The summed E-state index contributed by atoms with van der Waals surface area (Å²) in [7, 11) is 0. The van der Waals surface area contributed by atoms with Crippen LogP contribution in [0.3, 0.4) is 0 Å². The first kappa shape index (κ1) is 12.3. The van der Waals surface area contributed by atoms with Crippen LogP contribution in [0.5, 0.6) is 0 Å². The molecule has 0 bridgehead atoms. The zero-order chi connectivity index (χ0) is 12.4. The SMILES string of the molecule is O=C(c1cc(F)c(F)c(F)c1)N1CCSCC1. The van der Waals surface area contributed by atoms with Crippen LogP contribution in [0.15, 0.2) is 12.1 Å². The number of carbonyl (C=O) groups excluding carboxylic acids is 1. The van der Waals surface area contributed by atoms with Crippen LogP contribution in [-0.2, 0) is 0 Å². The van der Waals surface area contributed by atoms with Crippen molar-refractivity contribution in [1.29, 1.82) is 0 Å². The summed E-state index contributed by atoms with van der Waals surface area (Å²) in [5, 5.41) is 0. The fourth-order valence-corrected chi connectivity index (χ4v) is 2.53. The number of nitrogens with zero attached hydrogens (tertiary/aromatic N) is 1. The van der Waals surface area contributed by atoms with E-state index in [0.717, 1.165) is 23.6 Å². The van der Waals surface area contributed by atoms with Crippen molar-refractivity contribution in [2.75, 3.05) is 24.6 Å². The molecule has 1 heterocycles. The van der Waals surface area contributed by atoms with E-state index >= 15 is 0 Å². The number of amides is 1. The highest BCUT2D eigenvalue weighted by atomic mass is 32.2. The number of halogens is 3. The first-order valence-electron chi connectivity index (χ1n) is 5.11. The first-order chi connectivity index (χ1) is 8.09. The minimum Gasteiger partial charge on any atom is -0.337 e. The van der Waals surface area contributed by atoms with Gasteiger partial charge in [-0.05, 0) is 12.1 Å². The largest absolute Gasteiger partial charge is 0.337 e. The molecule has 0 N–H and O–H groups in total. The van der Waals surface area contributed by atoms with Gasteiger partial charge in [-0.2, -0.15) is 11.8 Å². The highest BCUT2D eigenvalue weighted by Gasteiger charge is 2.21. The molecule has 1 amide bonds. The Morgan fingerprint density at radius 1 is 1.12 bits per heavy atom. The second-order valence-electron chi connectivity index (χ2n) is 3.66. The Morgan fingerprint density at radius 3 is 2.18 bits per heavy atom. The third-order valence-electron chi connectivity index (χ3n) is 2.53. The second-order valence-corrected chi connectivity index (χ2v) is 4.88. The smallest absolute Gasteiger partial charge is 0.254 e. The summed E-state index contributed by atoms with van der Waals surface area (Å²) in [6, 6.07) is 1.48. The number of thioether (sulfide) groups is 1.